The Morgan fingerprint density at radius 2 is 2.15 bits per heavy atom. The van der Waals surface area contributed by atoms with Gasteiger partial charge in [0.1, 0.15) is 0 Å². The predicted octanol–water partition coefficient (Wildman–Crippen LogP) is 4.65. The molecule has 0 amide bonds. The summed E-state index contributed by atoms with van der Waals surface area (Å²) in [4.78, 5) is 5.34. The minimum atomic E-state index is 0.243. The standard InChI is InChI=1S/C15H14N2OS2/c1-3-17-14(18)13(20-15(17)19)8-11-9(2)16-12-7-5-4-6-10(11)12/h4-8,18H,3H2,1-2H3/b11-8-. The van der Waals surface area contributed by atoms with Crippen LogP contribution in [0.15, 0.2) is 29.3 Å². The molecular formula is C15H14N2OS2. The number of rotatable bonds is 2. The van der Waals surface area contributed by atoms with Crippen LogP contribution >= 0.6 is 23.6 Å². The molecule has 1 aliphatic heterocycles. The van der Waals surface area contributed by atoms with Gasteiger partial charge in [0.2, 0.25) is 5.88 Å². The van der Waals surface area contributed by atoms with E-state index < -0.39 is 0 Å². The van der Waals surface area contributed by atoms with Gasteiger partial charge in [-0.2, -0.15) is 0 Å². The lowest BCUT2D eigenvalue weighted by Gasteiger charge is -2.02. The summed E-state index contributed by atoms with van der Waals surface area (Å²) in [5.41, 5.74) is 4.10. The first-order chi connectivity index (χ1) is 9.61. The highest BCUT2D eigenvalue weighted by molar-refractivity contribution is 7.73. The molecule has 102 valence electrons. The van der Waals surface area contributed by atoms with Gasteiger partial charge in [0.15, 0.2) is 3.95 Å². The Kier molecular flexibility index (Phi) is 3.31. The topological polar surface area (TPSA) is 37.5 Å². The lowest BCUT2D eigenvalue weighted by molar-refractivity contribution is 0.419. The Bertz CT molecular complexity index is 796. The maximum atomic E-state index is 10.2. The molecular weight excluding hydrogens is 288 g/mol. The van der Waals surface area contributed by atoms with Crippen LogP contribution in [0.25, 0.3) is 11.6 Å². The summed E-state index contributed by atoms with van der Waals surface area (Å²) in [6.45, 7) is 4.63. The number of aromatic nitrogens is 1. The fourth-order valence-corrected chi connectivity index (χ4v) is 3.71. The zero-order valence-electron chi connectivity index (χ0n) is 11.3. The van der Waals surface area contributed by atoms with Gasteiger partial charge in [-0.1, -0.05) is 18.2 Å². The van der Waals surface area contributed by atoms with E-state index in [4.69, 9.17) is 12.2 Å². The zero-order chi connectivity index (χ0) is 14.3. The molecule has 0 atom stereocenters. The second kappa shape index (κ2) is 5.00. The number of para-hydroxylation sites is 1. The van der Waals surface area contributed by atoms with Crippen molar-refractivity contribution >= 4 is 46.6 Å². The van der Waals surface area contributed by atoms with Crippen LogP contribution in [0.2, 0.25) is 0 Å². The normalized spacial score (nSPS) is 15.5. The number of aliphatic imine (C=N–C) groups is 1. The summed E-state index contributed by atoms with van der Waals surface area (Å²) in [6, 6.07) is 8.03. The van der Waals surface area contributed by atoms with E-state index in [-0.39, 0.29) is 5.88 Å². The van der Waals surface area contributed by atoms with E-state index in [9.17, 15) is 5.11 Å². The molecule has 1 aromatic carbocycles. The third kappa shape index (κ3) is 2.03. The van der Waals surface area contributed by atoms with Gasteiger partial charge in [-0.25, -0.2) is 0 Å². The number of thiazole rings is 1. The Morgan fingerprint density at radius 3 is 2.85 bits per heavy atom. The molecule has 1 aromatic heterocycles. The van der Waals surface area contributed by atoms with Gasteiger partial charge in [-0.15, -0.1) is 11.3 Å². The summed E-state index contributed by atoms with van der Waals surface area (Å²) >= 11 is 6.70. The minimum Gasteiger partial charge on any atom is -0.493 e. The third-order valence-corrected chi connectivity index (χ3v) is 4.74. The van der Waals surface area contributed by atoms with Gasteiger partial charge in [0.05, 0.1) is 10.6 Å². The number of hydrogen-bond acceptors (Lipinski definition) is 4. The van der Waals surface area contributed by atoms with Crippen LogP contribution in [0.3, 0.4) is 0 Å². The highest BCUT2D eigenvalue weighted by atomic mass is 32.1. The molecule has 0 fully saturated rings. The van der Waals surface area contributed by atoms with E-state index in [1.807, 2.05) is 44.2 Å². The molecule has 0 spiro atoms. The summed E-state index contributed by atoms with van der Waals surface area (Å²) in [5, 5.41) is 10.2. The fraction of sp³-hybridized carbons (Fsp3) is 0.200. The molecule has 3 rings (SSSR count). The second-order valence-corrected chi connectivity index (χ2v) is 6.25. The molecule has 20 heavy (non-hydrogen) atoms. The Balaban J connectivity index is 2.15. The molecule has 0 bridgehead atoms. The van der Waals surface area contributed by atoms with Crippen molar-refractivity contribution in [1.82, 2.24) is 4.57 Å². The molecule has 1 N–H and O–H groups in total. The first-order valence-electron chi connectivity index (χ1n) is 6.41. The van der Waals surface area contributed by atoms with Crippen molar-refractivity contribution < 1.29 is 5.11 Å². The molecule has 5 heteroatoms. The van der Waals surface area contributed by atoms with E-state index in [0.717, 1.165) is 27.4 Å². The first kappa shape index (κ1) is 13.3. The lowest BCUT2D eigenvalue weighted by atomic mass is 10.0. The average molecular weight is 302 g/mol. The number of fused-ring (bicyclic) bond motifs is 1. The van der Waals surface area contributed by atoms with Crippen molar-refractivity contribution in [1.29, 1.82) is 0 Å². The van der Waals surface area contributed by atoms with E-state index in [2.05, 4.69) is 4.99 Å². The summed E-state index contributed by atoms with van der Waals surface area (Å²) in [7, 11) is 0. The van der Waals surface area contributed by atoms with E-state index >= 15 is 0 Å². The van der Waals surface area contributed by atoms with Crippen molar-refractivity contribution in [2.45, 2.75) is 20.4 Å². The smallest absolute Gasteiger partial charge is 0.210 e. The van der Waals surface area contributed by atoms with Crippen LogP contribution in [-0.2, 0) is 6.54 Å². The minimum absolute atomic E-state index is 0.243. The summed E-state index contributed by atoms with van der Waals surface area (Å²) in [6.07, 6.45) is 1.98. The molecule has 2 aromatic rings. The molecule has 0 unspecified atom stereocenters. The summed E-state index contributed by atoms with van der Waals surface area (Å²) in [5.74, 6) is 0.243. The van der Waals surface area contributed by atoms with E-state index in [1.54, 1.807) is 4.57 Å². The largest absolute Gasteiger partial charge is 0.493 e. The van der Waals surface area contributed by atoms with Crippen molar-refractivity contribution in [2.24, 2.45) is 4.99 Å². The van der Waals surface area contributed by atoms with Gasteiger partial charge in [0.25, 0.3) is 0 Å². The molecule has 0 saturated carbocycles. The van der Waals surface area contributed by atoms with Crippen LogP contribution in [0.5, 0.6) is 5.88 Å². The second-order valence-electron chi connectivity index (χ2n) is 4.57. The molecule has 3 nitrogen and oxygen atoms in total. The van der Waals surface area contributed by atoms with Crippen molar-refractivity contribution in [3.05, 3.63) is 38.7 Å². The van der Waals surface area contributed by atoms with Gasteiger partial charge in [0, 0.05) is 23.4 Å². The monoisotopic (exact) mass is 302 g/mol. The van der Waals surface area contributed by atoms with Gasteiger partial charge in [-0.3, -0.25) is 9.56 Å². The number of aromatic hydroxyl groups is 1. The lowest BCUT2D eigenvalue weighted by Crippen LogP contribution is -1.92. The first-order valence-corrected chi connectivity index (χ1v) is 7.63. The van der Waals surface area contributed by atoms with Crippen LogP contribution in [0.4, 0.5) is 5.69 Å². The number of benzene rings is 1. The third-order valence-electron chi connectivity index (χ3n) is 3.36. The Morgan fingerprint density at radius 1 is 1.40 bits per heavy atom. The SMILES string of the molecule is CCn1c(O)c(/C=C2/C(C)=Nc3ccccc32)sc1=S. The van der Waals surface area contributed by atoms with Crippen molar-refractivity contribution in [2.75, 3.05) is 0 Å². The molecule has 0 aliphatic carbocycles. The Hall–Kier alpha value is -1.72. The maximum Gasteiger partial charge on any atom is 0.210 e. The fourth-order valence-electron chi connectivity index (χ4n) is 2.34. The molecule has 0 saturated heterocycles. The predicted molar refractivity (Wildman–Crippen MR) is 87.6 cm³/mol. The van der Waals surface area contributed by atoms with E-state index in [0.29, 0.717) is 10.5 Å². The highest BCUT2D eigenvalue weighted by Gasteiger charge is 2.18. The van der Waals surface area contributed by atoms with Crippen LogP contribution < -0.4 is 0 Å². The highest BCUT2D eigenvalue weighted by Crippen LogP contribution is 2.38. The van der Waals surface area contributed by atoms with E-state index in [1.165, 1.54) is 11.3 Å². The quantitative estimate of drug-likeness (QED) is 0.820. The maximum absolute atomic E-state index is 10.2. The van der Waals surface area contributed by atoms with Gasteiger partial charge >= 0.3 is 0 Å². The number of hydrogen-bond donors (Lipinski definition) is 1. The van der Waals surface area contributed by atoms with Crippen LogP contribution in [0.1, 0.15) is 24.3 Å². The summed E-state index contributed by atoms with van der Waals surface area (Å²) < 4.78 is 2.43. The van der Waals surface area contributed by atoms with Crippen LogP contribution in [-0.4, -0.2) is 15.4 Å². The average Bonchev–Trinajstić information content (AvgIpc) is 2.88. The zero-order valence-corrected chi connectivity index (χ0v) is 12.9. The number of allylic oxidation sites excluding steroid dienone is 1. The molecule has 0 radical (unpaired) electrons. The van der Waals surface area contributed by atoms with Crippen molar-refractivity contribution in [3.8, 4) is 5.88 Å². The molecule has 1 aliphatic rings. The number of nitrogens with zero attached hydrogens (tertiary/aromatic N) is 2. The molecule has 2 heterocycles. The Labute approximate surface area is 126 Å². The van der Waals surface area contributed by atoms with Crippen molar-refractivity contribution in [3.63, 3.8) is 0 Å². The van der Waals surface area contributed by atoms with Crippen LogP contribution in [0, 0.1) is 3.95 Å². The van der Waals surface area contributed by atoms with Gasteiger partial charge < -0.3 is 5.11 Å². The van der Waals surface area contributed by atoms with Gasteiger partial charge in [-0.05, 0) is 38.2 Å².